The van der Waals surface area contributed by atoms with Crippen molar-refractivity contribution < 1.29 is 15.0 Å². The first kappa shape index (κ1) is 18.9. The molecule has 9 nitrogen and oxygen atoms in total. The Morgan fingerprint density at radius 3 is 2.17 bits per heavy atom. The second-order valence-electron chi connectivity index (χ2n) is 2.57. The van der Waals surface area contributed by atoms with Crippen LogP contribution in [0.15, 0.2) is 4.99 Å². The summed E-state index contributed by atoms with van der Waals surface area (Å²) in [7, 11) is 3.39. The lowest BCUT2D eigenvalue weighted by Crippen LogP contribution is -2.31. The van der Waals surface area contributed by atoms with Crippen molar-refractivity contribution in [2.24, 2.45) is 22.2 Å². The minimum absolute atomic E-state index is 0.0103. The Hall–Kier alpha value is -1.49. The summed E-state index contributed by atoms with van der Waals surface area (Å²) in [4.78, 5) is 12.4. The summed E-state index contributed by atoms with van der Waals surface area (Å²) in [5.74, 6) is 1.92. The van der Waals surface area contributed by atoms with Crippen molar-refractivity contribution in [2.75, 3.05) is 24.6 Å². The fraction of sp³-hybridized carbons (Fsp3) is 0.571. The predicted molar refractivity (Wildman–Crippen MR) is 76.2 cm³/mol. The number of guanidine groups is 2. The van der Waals surface area contributed by atoms with E-state index in [9.17, 15) is 0 Å². The third-order valence-electron chi connectivity index (χ3n) is 1.05. The van der Waals surface area contributed by atoms with Gasteiger partial charge in [0.25, 0.3) is 0 Å². The van der Waals surface area contributed by atoms with E-state index in [0.717, 1.165) is 11.5 Å². The van der Waals surface area contributed by atoms with Crippen molar-refractivity contribution >= 4 is 39.7 Å². The van der Waals surface area contributed by atoms with Gasteiger partial charge in [0.2, 0.25) is 0 Å². The van der Waals surface area contributed by atoms with Crippen molar-refractivity contribution in [1.82, 2.24) is 5.32 Å². The zero-order valence-electron chi connectivity index (χ0n) is 9.63. The molecule has 11 heteroatoms. The lowest BCUT2D eigenvalue weighted by molar-refractivity contribution is 0.137. The van der Waals surface area contributed by atoms with Gasteiger partial charge in [-0.3, -0.25) is 10.4 Å². The summed E-state index contributed by atoms with van der Waals surface area (Å²) in [6.07, 6.45) is -1.83. The van der Waals surface area contributed by atoms with Crippen molar-refractivity contribution in [3.8, 4) is 0 Å². The van der Waals surface area contributed by atoms with Crippen LogP contribution in [0.3, 0.4) is 0 Å². The second-order valence-corrected chi connectivity index (χ2v) is 5.28. The number of hydrogen-bond acceptors (Lipinski definition) is 5. The first-order valence-electron chi connectivity index (χ1n) is 4.65. The highest BCUT2D eigenvalue weighted by atomic mass is 33.1. The Balaban J connectivity index is 0. The molecule has 0 radical (unpaired) electrons. The van der Waals surface area contributed by atoms with E-state index in [1.54, 1.807) is 21.6 Å². The third kappa shape index (κ3) is 29.3. The zero-order chi connectivity index (χ0) is 14.4. The molecule has 0 aliphatic carbocycles. The topological polar surface area (TPSA) is 184 Å². The zero-order valence-corrected chi connectivity index (χ0v) is 11.3. The SMILES string of the molecule is N=C(N)NCCSSCCN=C(N)N.O=C(O)O. The van der Waals surface area contributed by atoms with Gasteiger partial charge in [0, 0.05) is 18.1 Å². The average Bonchev–Trinajstić information content (AvgIpc) is 2.20. The third-order valence-corrected chi connectivity index (χ3v) is 3.44. The van der Waals surface area contributed by atoms with E-state index in [0.29, 0.717) is 13.1 Å². The minimum Gasteiger partial charge on any atom is -0.450 e. The molecule has 10 N–H and O–H groups in total. The van der Waals surface area contributed by atoms with E-state index in [4.69, 9.17) is 37.6 Å². The van der Waals surface area contributed by atoms with E-state index >= 15 is 0 Å². The normalized spacial score (nSPS) is 8.67. The molecule has 0 heterocycles. The maximum absolute atomic E-state index is 8.56. The summed E-state index contributed by atoms with van der Waals surface area (Å²) in [5.41, 5.74) is 15.4. The van der Waals surface area contributed by atoms with Crippen LogP contribution in [0.25, 0.3) is 0 Å². The number of carbonyl (C=O) groups is 1. The summed E-state index contributed by atoms with van der Waals surface area (Å²) in [5, 5.41) is 23.6. The number of rotatable bonds is 7. The number of carboxylic acid groups (broad SMARTS) is 2. The molecule has 0 bridgehead atoms. The summed E-state index contributed by atoms with van der Waals surface area (Å²) < 4.78 is 0. The highest BCUT2D eigenvalue weighted by Crippen LogP contribution is 2.19. The molecule has 0 fully saturated rings. The van der Waals surface area contributed by atoms with E-state index in [2.05, 4.69) is 10.3 Å². The quantitative estimate of drug-likeness (QED) is 0.139. The molecule has 0 aromatic rings. The lowest BCUT2D eigenvalue weighted by Gasteiger charge is -2.02. The molecule has 0 aromatic heterocycles. The lowest BCUT2D eigenvalue weighted by atomic mass is 10.7. The fourth-order valence-corrected chi connectivity index (χ4v) is 2.32. The van der Waals surface area contributed by atoms with Crippen molar-refractivity contribution in [3.63, 3.8) is 0 Å². The van der Waals surface area contributed by atoms with Gasteiger partial charge in [-0.1, -0.05) is 21.6 Å². The van der Waals surface area contributed by atoms with Crippen LogP contribution in [0.5, 0.6) is 0 Å². The van der Waals surface area contributed by atoms with Gasteiger partial charge >= 0.3 is 6.16 Å². The first-order valence-corrected chi connectivity index (χ1v) is 7.14. The molecular weight excluding hydrogens is 280 g/mol. The molecule has 0 spiro atoms. The molecule has 0 atom stereocenters. The molecule has 0 saturated carbocycles. The monoisotopic (exact) mass is 298 g/mol. The average molecular weight is 298 g/mol. The van der Waals surface area contributed by atoms with Crippen molar-refractivity contribution in [2.45, 2.75) is 0 Å². The summed E-state index contributed by atoms with van der Waals surface area (Å²) in [6.45, 7) is 1.34. The number of nitrogens with one attached hydrogen (secondary N) is 2. The number of hydrogen-bond donors (Lipinski definition) is 7. The Bertz CT molecular complexity index is 268. The van der Waals surface area contributed by atoms with Crippen LogP contribution in [0.2, 0.25) is 0 Å². The second kappa shape index (κ2) is 13.6. The van der Waals surface area contributed by atoms with Crippen molar-refractivity contribution in [1.29, 1.82) is 5.41 Å². The smallest absolute Gasteiger partial charge is 0.450 e. The van der Waals surface area contributed by atoms with Gasteiger partial charge in [0.05, 0.1) is 6.54 Å². The number of nitrogens with zero attached hydrogens (tertiary/aromatic N) is 1. The predicted octanol–water partition coefficient (Wildman–Crippen LogP) is -0.653. The molecule has 0 amide bonds. The molecule has 0 aliphatic heterocycles. The minimum atomic E-state index is -1.83. The molecule has 106 valence electrons. The van der Waals surface area contributed by atoms with Gasteiger partial charge in [-0.2, -0.15) is 0 Å². The molecule has 0 rings (SSSR count). The standard InChI is InChI=1S/C6H16N6S2.CH2O3/c7-5(8)11-1-3-13-14-4-2-12-6(9)10;2-1(3)4/h1-4H2,(H4,7,8,11)(H4,9,10,12);(H2,2,3,4). The van der Waals surface area contributed by atoms with Crippen LogP contribution >= 0.6 is 21.6 Å². The van der Waals surface area contributed by atoms with Crippen LogP contribution in [0.4, 0.5) is 4.79 Å². The van der Waals surface area contributed by atoms with Crippen LogP contribution in [-0.2, 0) is 0 Å². The van der Waals surface area contributed by atoms with Crippen LogP contribution < -0.4 is 22.5 Å². The van der Waals surface area contributed by atoms with Gasteiger partial charge < -0.3 is 32.7 Å². The Labute approximate surface area is 112 Å². The highest BCUT2D eigenvalue weighted by Gasteiger charge is 1.91. The van der Waals surface area contributed by atoms with E-state index in [-0.39, 0.29) is 11.9 Å². The van der Waals surface area contributed by atoms with Crippen LogP contribution in [0, 0.1) is 5.41 Å². The van der Waals surface area contributed by atoms with Gasteiger partial charge in [0.15, 0.2) is 11.9 Å². The van der Waals surface area contributed by atoms with E-state index in [1.807, 2.05) is 0 Å². The number of nitrogens with two attached hydrogens (primary N) is 3. The Morgan fingerprint density at radius 2 is 1.72 bits per heavy atom. The van der Waals surface area contributed by atoms with E-state index in [1.165, 1.54) is 0 Å². The fourth-order valence-electron chi connectivity index (χ4n) is 0.557. The molecule has 0 aromatic carbocycles. The van der Waals surface area contributed by atoms with Gasteiger partial charge in [-0.15, -0.1) is 0 Å². The van der Waals surface area contributed by atoms with Crippen LogP contribution in [-0.4, -0.2) is 52.9 Å². The van der Waals surface area contributed by atoms with E-state index < -0.39 is 6.16 Å². The molecule has 0 unspecified atom stereocenters. The van der Waals surface area contributed by atoms with Crippen molar-refractivity contribution in [3.05, 3.63) is 0 Å². The highest BCUT2D eigenvalue weighted by molar-refractivity contribution is 8.76. The molecule has 18 heavy (non-hydrogen) atoms. The van der Waals surface area contributed by atoms with Gasteiger partial charge in [0.1, 0.15) is 0 Å². The largest absolute Gasteiger partial charge is 0.503 e. The summed E-state index contributed by atoms with van der Waals surface area (Å²) in [6, 6.07) is 0. The summed E-state index contributed by atoms with van der Waals surface area (Å²) >= 11 is 0. The molecule has 0 aliphatic rings. The maximum Gasteiger partial charge on any atom is 0.503 e. The molecule has 0 saturated heterocycles. The molecular formula is C7H18N6O3S2. The van der Waals surface area contributed by atoms with Gasteiger partial charge in [-0.25, -0.2) is 4.79 Å². The maximum atomic E-state index is 8.56. The Morgan fingerprint density at radius 1 is 1.22 bits per heavy atom. The Kier molecular flexibility index (Phi) is 14.2. The number of aliphatic imine (C=N–C) groups is 1. The van der Waals surface area contributed by atoms with Gasteiger partial charge in [-0.05, 0) is 0 Å². The first-order chi connectivity index (χ1) is 8.36. The van der Waals surface area contributed by atoms with Crippen LogP contribution in [0.1, 0.15) is 0 Å².